The number of rotatable bonds is 5. The molecule has 0 saturated carbocycles. The average molecular weight is 300 g/mol. The number of anilines is 1. The minimum Gasteiger partial charge on any atom is -0.481 e. The fourth-order valence-electron chi connectivity index (χ4n) is 1.87. The quantitative estimate of drug-likeness (QED) is 0.815. The van der Waals surface area contributed by atoms with Crippen molar-refractivity contribution in [1.29, 1.82) is 0 Å². The van der Waals surface area contributed by atoms with E-state index in [-0.39, 0.29) is 6.42 Å². The molecule has 0 bridgehead atoms. The first-order valence-electron chi connectivity index (χ1n) is 6.14. The Balaban J connectivity index is 2.03. The standard InChI is InChI=1S/C12H16N2O5S/c15-12(16)9-10-1-3-11(4-2-10)13-20(17,18)14-5-7-19-8-6-14/h1-4,13H,5-9H2,(H,15,16). The van der Waals surface area contributed by atoms with Crippen LogP contribution in [0.3, 0.4) is 0 Å². The van der Waals surface area contributed by atoms with Gasteiger partial charge in [-0.05, 0) is 17.7 Å². The number of ether oxygens (including phenoxy) is 1. The summed E-state index contributed by atoms with van der Waals surface area (Å²) in [5.41, 5.74) is 1.03. The van der Waals surface area contributed by atoms with Crippen molar-refractivity contribution in [2.24, 2.45) is 0 Å². The summed E-state index contributed by atoms with van der Waals surface area (Å²) in [5, 5.41) is 8.66. The highest BCUT2D eigenvalue weighted by atomic mass is 32.2. The zero-order chi connectivity index (χ0) is 14.6. The Hall–Kier alpha value is -1.64. The lowest BCUT2D eigenvalue weighted by Crippen LogP contribution is -2.43. The number of morpholine rings is 1. The van der Waals surface area contributed by atoms with Crippen LogP contribution in [0.25, 0.3) is 0 Å². The van der Waals surface area contributed by atoms with Gasteiger partial charge in [-0.25, -0.2) is 0 Å². The molecule has 0 radical (unpaired) electrons. The van der Waals surface area contributed by atoms with Crippen LogP contribution in [0.15, 0.2) is 24.3 Å². The zero-order valence-corrected chi connectivity index (χ0v) is 11.6. The second-order valence-electron chi connectivity index (χ2n) is 4.39. The van der Waals surface area contributed by atoms with Crippen molar-refractivity contribution in [2.45, 2.75) is 6.42 Å². The van der Waals surface area contributed by atoms with Crippen molar-refractivity contribution in [3.8, 4) is 0 Å². The molecule has 1 aromatic carbocycles. The molecular weight excluding hydrogens is 284 g/mol. The molecule has 8 heteroatoms. The monoisotopic (exact) mass is 300 g/mol. The molecule has 0 aromatic heterocycles. The van der Waals surface area contributed by atoms with Crippen molar-refractivity contribution in [1.82, 2.24) is 4.31 Å². The minimum absolute atomic E-state index is 0.0868. The maximum Gasteiger partial charge on any atom is 0.307 e. The minimum atomic E-state index is -3.59. The summed E-state index contributed by atoms with van der Waals surface area (Å²) < 4.78 is 33.1. The van der Waals surface area contributed by atoms with Gasteiger partial charge in [0.15, 0.2) is 0 Å². The van der Waals surface area contributed by atoms with Gasteiger partial charge in [-0.1, -0.05) is 12.1 Å². The Morgan fingerprint density at radius 3 is 2.40 bits per heavy atom. The summed E-state index contributed by atoms with van der Waals surface area (Å²) in [4.78, 5) is 10.6. The second kappa shape index (κ2) is 6.21. The molecule has 7 nitrogen and oxygen atoms in total. The molecule has 2 N–H and O–H groups in total. The van der Waals surface area contributed by atoms with Crippen LogP contribution in [0.2, 0.25) is 0 Å². The number of hydrogen-bond acceptors (Lipinski definition) is 4. The lowest BCUT2D eigenvalue weighted by atomic mass is 10.1. The molecule has 1 fully saturated rings. The van der Waals surface area contributed by atoms with Crippen LogP contribution >= 0.6 is 0 Å². The highest BCUT2D eigenvalue weighted by molar-refractivity contribution is 7.90. The normalized spacial score (nSPS) is 16.8. The van der Waals surface area contributed by atoms with E-state index >= 15 is 0 Å². The molecule has 1 aliphatic heterocycles. The Morgan fingerprint density at radius 1 is 1.25 bits per heavy atom. The van der Waals surface area contributed by atoms with E-state index in [2.05, 4.69) is 4.72 Å². The molecule has 1 aliphatic rings. The number of carbonyl (C=O) groups is 1. The maximum absolute atomic E-state index is 12.1. The van der Waals surface area contributed by atoms with Gasteiger partial charge in [0.05, 0.1) is 19.6 Å². The summed E-state index contributed by atoms with van der Waals surface area (Å²) in [6, 6.07) is 6.28. The molecule has 1 aromatic rings. The van der Waals surface area contributed by atoms with E-state index in [9.17, 15) is 13.2 Å². The average Bonchev–Trinajstić information content (AvgIpc) is 2.41. The molecule has 110 valence electrons. The summed E-state index contributed by atoms with van der Waals surface area (Å²) in [5.74, 6) is -0.924. The zero-order valence-electron chi connectivity index (χ0n) is 10.8. The Morgan fingerprint density at radius 2 is 1.85 bits per heavy atom. The van der Waals surface area contributed by atoms with Gasteiger partial charge in [-0.15, -0.1) is 0 Å². The molecule has 0 amide bonds. The topological polar surface area (TPSA) is 95.9 Å². The largest absolute Gasteiger partial charge is 0.481 e. The van der Waals surface area contributed by atoms with Crippen molar-refractivity contribution in [3.63, 3.8) is 0 Å². The van der Waals surface area contributed by atoms with E-state index < -0.39 is 16.2 Å². The Bertz CT molecular complexity index is 564. The van der Waals surface area contributed by atoms with Gasteiger partial charge < -0.3 is 9.84 Å². The van der Waals surface area contributed by atoms with Crippen LogP contribution in [0.1, 0.15) is 5.56 Å². The SMILES string of the molecule is O=C(O)Cc1ccc(NS(=O)(=O)N2CCOCC2)cc1. The van der Waals surface area contributed by atoms with Gasteiger partial charge >= 0.3 is 16.2 Å². The number of carboxylic acids is 1. The van der Waals surface area contributed by atoms with E-state index in [1.165, 1.54) is 4.31 Å². The highest BCUT2D eigenvalue weighted by Gasteiger charge is 2.23. The van der Waals surface area contributed by atoms with E-state index in [1.54, 1.807) is 24.3 Å². The highest BCUT2D eigenvalue weighted by Crippen LogP contribution is 2.14. The van der Waals surface area contributed by atoms with Crippen LogP contribution in [-0.2, 0) is 26.2 Å². The second-order valence-corrected chi connectivity index (χ2v) is 6.06. The van der Waals surface area contributed by atoms with Gasteiger partial charge in [-0.3, -0.25) is 9.52 Å². The van der Waals surface area contributed by atoms with Crippen LogP contribution in [-0.4, -0.2) is 50.1 Å². The van der Waals surface area contributed by atoms with Gasteiger partial charge in [0, 0.05) is 18.8 Å². The van der Waals surface area contributed by atoms with Crippen molar-refractivity contribution >= 4 is 21.9 Å². The predicted molar refractivity (Wildman–Crippen MR) is 72.7 cm³/mol. The number of hydrogen-bond donors (Lipinski definition) is 2. The molecular formula is C12H16N2O5S. The predicted octanol–water partition coefficient (Wildman–Crippen LogP) is 0.303. The molecule has 0 spiro atoms. The molecule has 1 saturated heterocycles. The Kier molecular flexibility index (Phi) is 4.58. The molecule has 0 unspecified atom stereocenters. The summed E-state index contributed by atoms with van der Waals surface area (Å²) >= 11 is 0. The molecule has 0 aliphatic carbocycles. The number of carboxylic acid groups (broad SMARTS) is 1. The first-order chi connectivity index (χ1) is 9.47. The molecule has 1 heterocycles. The van der Waals surface area contributed by atoms with Crippen molar-refractivity contribution in [2.75, 3.05) is 31.0 Å². The summed E-state index contributed by atoms with van der Waals surface area (Å²) in [6.45, 7) is 1.43. The number of nitrogens with one attached hydrogen (secondary N) is 1. The third-order valence-corrected chi connectivity index (χ3v) is 4.40. The number of benzene rings is 1. The molecule has 2 rings (SSSR count). The lowest BCUT2D eigenvalue weighted by Gasteiger charge is -2.26. The Labute approximate surface area is 117 Å². The summed E-state index contributed by atoms with van der Waals surface area (Å²) in [6.07, 6.45) is -0.0868. The lowest BCUT2D eigenvalue weighted by molar-refractivity contribution is -0.136. The van der Waals surface area contributed by atoms with Crippen LogP contribution in [0.5, 0.6) is 0 Å². The van der Waals surface area contributed by atoms with E-state index in [4.69, 9.17) is 9.84 Å². The third kappa shape index (κ3) is 3.92. The van der Waals surface area contributed by atoms with E-state index in [0.717, 1.165) is 0 Å². The number of nitrogens with zero attached hydrogens (tertiary/aromatic N) is 1. The van der Waals surface area contributed by atoms with Crippen LogP contribution in [0, 0.1) is 0 Å². The van der Waals surface area contributed by atoms with Gasteiger partial charge in [0.2, 0.25) is 0 Å². The van der Waals surface area contributed by atoms with Crippen molar-refractivity contribution in [3.05, 3.63) is 29.8 Å². The van der Waals surface area contributed by atoms with Gasteiger partial charge in [0.1, 0.15) is 0 Å². The summed E-state index contributed by atoms with van der Waals surface area (Å²) in [7, 11) is -3.59. The van der Waals surface area contributed by atoms with Gasteiger partial charge in [-0.2, -0.15) is 12.7 Å². The number of aliphatic carboxylic acids is 1. The fourth-order valence-corrected chi connectivity index (χ4v) is 3.06. The van der Waals surface area contributed by atoms with E-state index in [0.29, 0.717) is 37.6 Å². The van der Waals surface area contributed by atoms with Crippen molar-refractivity contribution < 1.29 is 23.1 Å². The van der Waals surface area contributed by atoms with Gasteiger partial charge in [0.25, 0.3) is 0 Å². The molecule has 0 atom stereocenters. The smallest absolute Gasteiger partial charge is 0.307 e. The van der Waals surface area contributed by atoms with E-state index in [1.807, 2.05) is 0 Å². The first kappa shape index (κ1) is 14.8. The molecule has 20 heavy (non-hydrogen) atoms. The maximum atomic E-state index is 12.1. The van der Waals surface area contributed by atoms with Crippen LogP contribution in [0.4, 0.5) is 5.69 Å². The van der Waals surface area contributed by atoms with Crippen LogP contribution < -0.4 is 4.72 Å². The fraction of sp³-hybridized carbons (Fsp3) is 0.417. The first-order valence-corrected chi connectivity index (χ1v) is 7.58. The third-order valence-electron chi connectivity index (χ3n) is 2.87.